The van der Waals surface area contributed by atoms with Crippen LogP contribution in [0.2, 0.25) is 0 Å². The van der Waals surface area contributed by atoms with Gasteiger partial charge in [-0.25, -0.2) is 0 Å². The van der Waals surface area contributed by atoms with Crippen molar-refractivity contribution < 1.29 is 23.7 Å². The highest BCUT2D eigenvalue weighted by molar-refractivity contribution is 5.77. The molecule has 2 aromatic rings. The molecular formula is C21H26N2O5. The predicted octanol–water partition coefficient (Wildman–Crippen LogP) is 2.43. The molecule has 150 valence electrons. The largest absolute Gasteiger partial charge is 0.493 e. The molecule has 0 bridgehead atoms. The van der Waals surface area contributed by atoms with E-state index in [-0.39, 0.29) is 18.6 Å². The van der Waals surface area contributed by atoms with Crippen molar-refractivity contribution in [2.24, 2.45) is 0 Å². The maximum Gasteiger partial charge on any atom is 0.249 e. The van der Waals surface area contributed by atoms with Gasteiger partial charge in [0, 0.05) is 39.0 Å². The molecule has 0 spiro atoms. The molecule has 1 atom stereocenters. The maximum absolute atomic E-state index is 12.5. The van der Waals surface area contributed by atoms with E-state index in [9.17, 15) is 4.79 Å². The van der Waals surface area contributed by atoms with E-state index in [0.29, 0.717) is 31.2 Å². The van der Waals surface area contributed by atoms with Crippen LogP contribution in [-0.4, -0.2) is 55.9 Å². The summed E-state index contributed by atoms with van der Waals surface area (Å²) < 4.78 is 21.9. The van der Waals surface area contributed by atoms with Crippen LogP contribution in [0.3, 0.4) is 0 Å². The van der Waals surface area contributed by atoms with Crippen LogP contribution in [0, 0.1) is 0 Å². The molecule has 7 heteroatoms. The summed E-state index contributed by atoms with van der Waals surface area (Å²) in [6.07, 6.45) is 4.39. The number of rotatable bonds is 9. The number of benzene rings is 1. The molecule has 0 N–H and O–H groups in total. The summed E-state index contributed by atoms with van der Waals surface area (Å²) >= 11 is 0. The van der Waals surface area contributed by atoms with E-state index in [1.54, 1.807) is 24.4 Å². The molecule has 28 heavy (non-hydrogen) atoms. The molecule has 0 unspecified atom stereocenters. The van der Waals surface area contributed by atoms with Gasteiger partial charge in [-0.1, -0.05) is 12.1 Å². The SMILES string of the molecule is COCC(=O)N(Cc1cccnc1)Cc1ccc(O[C@H]2CCOC2)c(OC)c1. The van der Waals surface area contributed by atoms with E-state index in [1.807, 2.05) is 30.3 Å². The molecular weight excluding hydrogens is 360 g/mol. The number of methoxy groups -OCH3 is 2. The second kappa shape index (κ2) is 10.1. The molecule has 1 fully saturated rings. The second-order valence-electron chi connectivity index (χ2n) is 6.63. The first-order valence-corrected chi connectivity index (χ1v) is 9.26. The molecule has 2 heterocycles. The molecule has 3 rings (SSSR count). The quantitative estimate of drug-likeness (QED) is 0.659. The van der Waals surface area contributed by atoms with Gasteiger partial charge in [0.05, 0.1) is 20.3 Å². The third-order valence-electron chi connectivity index (χ3n) is 4.50. The Kier molecular flexibility index (Phi) is 7.22. The molecule has 0 aliphatic carbocycles. The number of hydrogen-bond acceptors (Lipinski definition) is 6. The first kappa shape index (κ1) is 20.1. The standard InChI is InChI=1S/C21H26N2O5/c1-25-15-21(24)23(13-17-4-3-8-22-11-17)12-16-5-6-19(20(10-16)26-2)28-18-7-9-27-14-18/h3-6,8,10-11,18H,7,9,12-15H2,1-2H3/t18-/m0/s1. The van der Waals surface area contributed by atoms with Crippen molar-refractivity contribution in [1.29, 1.82) is 0 Å². The lowest BCUT2D eigenvalue weighted by molar-refractivity contribution is -0.136. The second-order valence-corrected chi connectivity index (χ2v) is 6.63. The summed E-state index contributed by atoms with van der Waals surface area (Å²) in [6, 6.07) is 9.54. The topological polar surface area (TPSA) is 70.1 Å². The Hall–Kier alpha value is -2.64. The third kappa shape index (κ3) is 5.43. The molecule has 1 aliphatic rings. The van der Waals surface area contributed by atoms with Crippen molar-refractivity contribution in [3.63, 3.8) is 0 Å². The van der Waals surface area contributed by atoms with Gasteiger partial charge in [0.25, 0.3) is 0 Å². The zero-order valence-electron chi connectivity index (χ0n) is 16.3. The van der Waals surface area contributed by atoms with Crippen molar-refractivity contribution >= 4 is 5.91 Å². The number of carbonyl (C=O) groups is 1. The van der Waals surface area contributed by atoms with Gasteiger partial charge in [0.1, 0.15) is 12.7 Å². The molecule has 0 radical (unpaired) electrons. The minimum Gasteiger partial charge on any atom is -0.493 e. The highest BCUT2D eigenvalue weighted by Crippen LogP contribution is 2.30. The molecule has 1 aromatic heterocycles. The lowest BCUT2D eigenvalue weighted by Gasteiger charge is -2.23. The van der Waals surface area contributed by atoms with Crippen LogP contribution in [0.25, 0.3) is 0 Å². The summed E-state index contributed by atoms with van der Waals surface area (Å²) in [5.74, 6) is 1.24. The number of carbonyl (C=O) groups excluding carboxylic acids is 1. The van der Waals surface area contributed by atoms with Gasteiger partial charge in [0.2, 0.25) is 5.91 Å². The van der Waals surface area contributed by atoms with Gasteiger partial charge >= 0.3 is 0 Å². The lowest BCUT2D eigenvalue weighted by atomic mass is 10.1. The summed E-state index contributed by atoms with van der Waals surface area (Å²) in [6.45, 7) is 2.22. The fourth-order valence-electron chi connectivity index (χ4n) is 3.07. The van der Waals surface area contributed by atoms with E-state index < -0.39 is 0 Å². The Morgan fingerprint density at radius 1 is 1.21 bits per heavy atom. The summed E-state index contributed by atoms with van der Waals surface area (Å²) in [4.78, 5) is 18.4. The van der Waals surface area contributed by atoms with Gasteiger partial charge in [-0.05, 0) is 29.3 Å². The summed E-state index contributed by atoms with van der Waals surface area (Å²) in [5.41, 5.74) is 1.90. The Labute approximate surface area is 165 Å². The maximum atomic E-state index is 12.5. The highest BCUT2D eigenvalue weighted by atomic mass is 16.6. The summed E-state index contributed by atoms with van der Waals surface area (Å²) in [7, 11) is 3.13. The van der Waals surface area contributed by atoms with Crippen LogP contribution in [-0.2, 0) is 27.4 Å². The average molecular weight is 386 g/mol. The van der Waals surface area contributed by atoms with E-state index in [4.69, 9.17) is 18.9 Å². The van der Waals surface area contributed by atoms with E-state index >= 15 is 0 Å². The minimum absolute atomic E-state index is 0.0280. The van der Waals surface area contributed by atoms with Crippen LogP contribution in [0.1, 0.15) is 17.5 Å². The zero-order chi connectivity index (χ0) is 19.8. The Bertz CT molecular complexity index is 763. The molecule has 1 aromatic carbocycles. The molecule has 1 saturated heterocycles. The minimum atomic E-state index is -0.0891. The van der Waals surface area contributed by atoms with Crippen molar-refractivity contribution in [2.75, 3.05) is 34.0 Å². The number of aromatic nitrogens is 1. The first-order valence-electron chi connectivity index (χ1n) is 9.26. The number of ether oxygens (including phenoxy) is 4. The van der Waals surface area contributed by atoms with Crippen LogP contribution < -0.4 is 9.47 Å². The fraction of sp³-hybridized carbons (Fsp3) is 0.429. The molecule has 1 aliphatic heterocycles. The van der Waals surface area contributed by atoms with Gasteiger partial charge in [-0.3, -0.25) is 9.78 Å². The average Bonchev–Trinajstić information content (AvgIpc) is 3.22. The first-order chi connectivity index (χ1) is 13.7. The monoisotopic (exact) mass is 386 g/mol. The van der Waals surface area contributed by atoms with Crippen molar-refractivity contribution in [2.45, 2.75) is 25.6 Å². The van der Waals surface area contributed by atoms with Crippen molar-refractivity contribution in [3.05, 3.63) is 53.9 Å². The van der Waals surface area contributed by atoms with Crippen molar-refractivity contribution in [1.82, 2.24) is 9.88 Å². The van der Waals surface area contributed by atoms with Crippen LogP contribution in [0.15, 0.2) is 42.7 Å². The molecule has 1 amide bonds. The Morgan fingerprint density at radius 2 is 2.07 bits per heavy atom. The fourth-order valence-corrected chi connectivity index (χ4v) is 3.07. The van der Waals surface area contributed by atoms with Crippen LogP contribution in [0.4, 0.5) is 0 Å². The van der Waals surface area contributed by atoms with Gasteiger partial charge in [-0.2, -0.15) is 0 Å². The molecule has 0 saturated carbocycles. The van der Waals surface area contributed by atoms with E-state index in [2.05, 4.69) is 4.98 Å². The summed E-state index contributed by atoms with van der Waals surface area (Å²) in [5, 5.41) is 0. The van der Waals surface area contributed by atoms with Crippen LogP contribution in [0.5, 0.6) is 11.5 Å². The van der Waals surface area contributed by atoms with E-state index in [0.717, 1.165) is 24.2 Å². The smallest absolute Gasteiger partial charge is 0.249 e. The number of nitrogens with zero attached hydrogens (tertiary/aromatic N) is 2. The zero-order valence-corrected chi connectivity index (χ0v) is 16.3. The Morgan fingerprint density at radius 3 is 2.75 bits per heavy atom. The van der Waals surface area contributed by atoms with Gasteiger partial charge in [0.15, 0.2) is 11.5 Å². The highest BCUT2D eigenvalue weighted by Gasteiger charge is 2.20. The lowest BCUT2D eigenvalue weighted by Crippen LogP contribution is -2.33. The normalized spacial score (nSPS) is 16.0. The van der Waals surface area contributed by atoms with Gasteiger partial charge in [-0.15, -0.1) is 0 Å². The van der Waals surface area contributed by atoms with Gasteiger partial charge < -0.3 is 23.8 Å². The number of pyridine rings is 1. The molecule has 7 nitrogen and oxygen atoms in total. The van der Waals surface area contributed by atoms with E-state index in [1.165, 1.54) is 7.11 Å². The Balaban J connectivity index is 1.74. The third-order valence-corrected chi connectivity index (χ3v) is 4.50. The predicted molar refractivity (Wildman–Crippen MR) is 103 cm³/mol. The number of hydrogen-bond donors (Lipinski definition) is 0. The number of amides is 1. The van der Waals surface area contributed by atoms with Crippen molar-refractivity contribution in [3.8, 4) is 11.5 Å². The van der Waals surface area contributed by atoms with Crippen LogP contribution >= 0.6 is 0 Å².